The average Bonchev–Trinajstić information content (AvgIpc) is 3.38. The van der Waals surface area contributed by atoms with Gasteiger partial charge in [0, 0.05) is 5.56 Å². The third kappa shape index (κ3) is 11.2. The zero-order valence-electron chi connectivity index (χ0n) is 26.7. The van der Waals surface area contributed by atoms with Gasteiger partial charge in [-0.2, -0.15) is 13.2 Å². The average molecular weight is 633 g/mol. The van der Waals surface area contributed by atoms with Crippen LogP contribution in [0.25, 0.3) is 17.0 Å². The van der Waals surface area contributed by atoms with Crippen LogP contribution >= 0.6 is 0 Å². The molecule has 3 rings (SSSR count). The first kappa shape index (κ1) is 35.0. The monoisotopic (exact) mass is 632 g/mol. The van der Waals surface area contributed by atoms with Gasteiger partial charge in [-0.05, 0) is 108 Å². The number of rotatable bonds is 8. The van der Waals surface area contributed by atoms with E-state index in [1.165, 1.54) is 18.4 Å². The van der Waals surface area contributed by atoms with E-state index in [1.54, 1.807) is 47.6 Å². The van der Waals surface area contributed by atoms with Crippen LogP contribution in [0.5, 0.6) is 5.75 Å². The van der Waals surface area contributed by atoms with Gasteiger partial charge in [0.25, 0.3) is 0 Å². The molecule has 3 aromatic rings. The van der Waals surface area contributed by atoms with Crippen LogP contribution in [-0.4, -0.2) is 40.0 Å². The van der Waals surface area contributed by atoms with Gasteiger partial charge in [0.2, 0.25) is 5.89 Å². The highest BCUT2D eigenvalue weighted by Crippen LogP contribution is 2.31. The number of carbonyl (C=O) groups excluding carboxylic acids is 2. The molecule has 9 nitrogen and oxygen atoms in total. The van der Waals surface area contributed by atoms with E-state index in [0.717, 1.165) is 33.9 Å². The lowest BCUT2D eigenvalue weighted by Gasteiger charge is -2.26. The zero-order chi connectivity index (χ0) is 33.6. The highest BCUT2D eigenvalue weighted by Gasteiger charge is 2.30. The molecule has 244 valence electrons. The molecule has 1 aromatic heterocycles. The Morgan fingerprint density at radius 3 is 2.18 bits per heavy atom. The summed E-state index contributed by atoms with van der Waals surface area (Å²) in [5.41, 5.74) is 1.01. The van der Waals surface area contributed by atoms with Crippen molar-refractivity contribution in [3.63, 3.8) is 0 Å². The summed E-state index contributed by atoms with van der Waals surface area (Å²) in [5, 5.41) is 0.807. The minimum absolute atomic E-state index is 0.0500. The van der Waals surface area contributed by atoms with E-state index in [1.807, 2.05) is 32.0 Å². The fraction of sp³-hybridized carbons (Fsp3) is 0.424. The normalized spacial score (nSPS) is 12.5. The lowest BCUT2D eigenvalue weighted by Crippen LogP contribution is -2.39. The summed E-state index contributed by atoms with van der Waals surface area (Å²) in [7, 11) is 0. The summed E-state index contributed by atoms with van der Waals surface area (Å²) >= 11 is 0. The Bertz CT molecular complexity index is 1500. The van der Waals surface area contributed by atoms with Gasteiger partial charge in [-0.15, -0.1) is 5.06 Å². The Hall–Kier alpha value is -4.48. The Kier molecular flexibility index (Phi) is 11.0. The summed E-state index contributed by atoms with van der Waals surface area (Å²) in [6, 6.07) is 10.2. The Labute approximate surface area is 260 Å². The number of ether oxygens (including phenoxy) is 3. The number of oxazole rings is 1. The molecule has 0 saturated heterocycles. The zero-order valence-corrected chi connectivity index (χ0v) is 26.7. The third-order valence-corrected chi connectivity index (χ3v) is 5.88. The SMILES string of the molecule is CCC(=CCN(OC(=O)OC(C)(C)C)C(=O)OC(C)(C)C)c1cc(C)cc(OCc2coc(-c3ccc(C(F)(F)F)cc3)n2)c1. The molecule has 0 aliphatic heterocycles. The first-order valence-electron chi connectivity index (χ1n) is 14.3. The van der Waals surface area contributed by atoms with Crippen LogP contribution in [0.15, 0.2) is 59.2 Å². The topological polar surface area (TPSA) is 100 Å². The number of carbonyl (C=O) groups is 2. The molecule has 45 heavy (non-hydrogen) atoms. The fourth-order valence-corrected chi connectivity index (χ4v) is 3.96. The molecule has 0 unspecified atom stereocenters. The van der Waals surface area contributed by atoms with E-state index in [2.05, 4.69) is 4.98 Å². The van der Waals surface area contributed by atoms with Crippen LogP contribution in [0, 0.1) is 6.92 Å². The maximum absolute atomic E-state index is 12.9. The molecule has 0 radical (unpaired) electrons. The number of hydrogen-bond donors (Lipinski definition) is 0. The summed E-state index contributed by atoms with van der Waals surface area (Å²) < 4.78 is 60.7. The van der Waals surface area contributed by atoms with E-state index >= 15 is 0 Å². The molecule has 0 N–H and O–H groups in total. The predicted octanol–water partition coefficient (Wildman–Crippen LogP) is 9.15. The van der Waals surface area contributed by atoms with Crippen molar-refractivity contribution < 1.29 is 46.2 Å². The second-order valence-electron chi connectivity index (χ2n) is 12.2. The van der Waals surface area contributed by atoms with Crippen molar-refractivity contribution in [2.75, 3.05) is 6.54 Å². The van der Waals surface area contributed by atoms with Crippen molar-refractivity contribution in [3.05, 3.63) is 77.2 Å². The van der Waals surface area contributed by atoms with E-state index in [0.29, 0.717) is 23.4 Å². The number of hydrogen-bond acceptors (Lipinski definition) is 8. The lowest BCUT2D eigenvalue weighted by molar-refractivity contribution is -0.137. The van der Waals surface area contributed by atoms with Crippen LogP contribution in [0.1, 0.15) is 77.3 Å². The van der Waals surface area contributed by atoms with Gasteiger partial charge < -0.3 is 18.6 Å². The van der Waals surface area contributed by atoms with E-state index in [9.17, 15) is 22.8 Å². The van der Waals surface area contributed by atoms with Crippen LogP contribution in [0.2, 0.25) is 0 Å². The minimum atomic E-state index is -4.43. The predicted molar refractivity (Wildman–Crippen MR) is 161 cm³/mol. The minimum Gasteiger partial charge on any atom is -0.487 e. The Morgan fingerprint density at radius 2 is 1.60 bits per heavy atom. The number of aryl methyl sites for hydroxylation is 1. The van der Waals surface area contributed by atoms with Gasteiger partial charge in [0.05, 0.1) is 12.1 Å². The highest BCUT2D eigenvalue weighted by atomic mass is 19.4. The van der Waals surface area contributed by atoms with Gasteiger partial charge >= 0.3 is 18.4 Å². The summed E-state index contributed by atoms with van der Waals surface area (Å²) in [4.78, 5) is 34.7. The quantitative estimate of drug-likeness (QED) is 0.179. The summed E-state index contributed by atoms with van der Waals surface area (Å²) in [6.45, 7) is 13.9. The molecule has 12 heteroatoms. The number of amides is 1. The fourth-order valence-electron chi connectivity index (χ4n) is 3.96. The largest absolute Gasteiger partial charge is 0.534 e. The number of allylic oxidation sites excluding steroid dienone is 1. The molecule has 0 fully saturated rings. The molecular weight excluding hydrogens is 593 g/mol. The van der Waals surface area contributed by atoms with Crippen molar-refractivity contribution in [1.82, 2.24) is 10.0 Å². The molecule has 0 aliphatic rings. The van der Waals surface area contributed by atoms with E-state index < -0.39 is 35.2 Å². The van der Waals surface area contributed by atoms with Gasteiger partial charge in [0.15, 0.2) is 0 Å². The number of hydroxylamine groups is 2. The van der Waals surface area contributed by atoms with Crippen molar-refractivity contribution in [2.24, 2.45) is 0 Å². The third-order valence-electron chi connectivity index (χ3n) is 5.88. The molecule has 2 aromatic carbocycles. The number of benzene rings is 2. The smallest absolute Gasteiger partial charge is 0.487 e. The molecule has 0 spiro atoms. The molecular formula is C33H39F3N2O7. The second-order valence-corrected chi connectivity index (χ2v) is 12.2. The number of halogens is 3. The number of alkyl halides is 3. The second kappa shape index (κ2) is 14.1. The van der Waals surface area contributed by atoms with Crippen molar-refractivity contribution in [1.29, 1.82) is 0 Å². The number of nitrogens with zero attached hydrogens (tertiary/aromatic N) is 2. The standard InChI is InChI=1S/C33H39F3N2O7/c1-9-22(14-15-38(29(39)43-31(3,4)5)45-30(40)44-32(6,7)8)24-16-21(2)17-27(18-24)41-19-26-20-42-28(37-26)23-10-12-25(13-11-23)33(34,35)36/h10-14,16-18,20H,9,15,19H2,1-8H3. The maximum atomic E-state index is 12.9. The van der Waals surface area contributed by atoms with Gasteiger partial charge in [-0.3, -0.25) is 4.84 Å². The highest BCUT2D eigenvalue weighted by molar-refractivity contribution is 5.72. The van der Waals surface area contributed by atoms with E-state index in [-0.39, 0.29) is 19.0 Å². The van der Waals surface area contributed by atoms with Crippen LogP contribution < -0.4 is 4.74 Å². The maximum Gasteiger partial charge on any atom is 0.534 e. The lowest BCUT2D eigenvalue weighted by atomic mass is 10.0. The molecule has 0 aliphatic carbocycles. The number of aromatic nitrogens is 1. The molecule has 0 bridgehead atoms. The molecule has 0 atom stereocenters. The van der Waals surface area contributed by atoms with Gasteiger partial charge in [-0.1, -0.05) is 19.1 Å². The first-order chi connectivity index (χ1) is 20.8. The van der Waals surface area contributed by atoms with Crippen LogP contribution in [0.3, 0.4) is 0 Å². The molecule has 0 saturated carbocycles. The Balaban J connectivity index is 1.75. The van der Waals surface area contributed by atoms with Crippen LogP contribution in [-0.2, 0) is 27.1 Å². The van der Waals surface area contributed by atoms with Crippen LogP contribution in [0.4, 0.5) is 22.8 Å². The van der Waals surface area contributed by atoms with Crippen molar-refractivity contribution in [3.8, 4) is 17.2 Å². The van der Waals surface area contributed by atoms with E-state index in [4.69, 9.17) is 23.5 Å². The van der Waals surface area contributed by atoms with Gasteiger partial charge in [0.1, 0.15) is 35.5 Å². The molecule has 1 amide bonds. The summed E-state index contributed by atoms with van der Waals surface area (Å²) in [6.07, 6.45) is -2.61. The van der Waals surface area contributed by atoms with Crippen molar-refractivity contribution >= 4 is 17.8 Å². The molecule has 1 heterocycles. The summed E-state index contributed by atoms with van der Waals surface area (Å²) in [5.74, 6) is 0.712. The first-order valence-corrected chi connectivity index (χ1v) is 14.3. The Morgan fingerprint density at radius 1 is 0.956 bits per heavy atom. The van der Waals surface area contributed by atoms with Gasteiger partial charge in [-0.25, -0.2) is 14.6 Å². The van der Waals surface area contributed by atoms with Crippen molar-refractivity contribution in [2.45, 2.75) is 85.8 Å².